The molecule has 23 heavy (non-hydrogen) atoms. The zero-order valence-corrected chi connectivity index (χ0v) is 14.7. The van der Waals surface area contributed by atoms with E-state index in [9.17, 15) is 4.79 Å². The van der Waals surface area contributed by atoms with Crippen LogP contribution in [-0.2, 0) is 0 Å². The Bertz CT molecular complexity index is 572. The number of amides is 1. The lowest BCUT2D eigenvalue weighted by Gasteiger charge is -2.50. The Kier molecular flexibility index (Phi) is 4.85. The maximum absolute atomic E-state index is 12.5. The molecule has 1 aromatic rings. The molecule has 2 atom stereocenters. The van der Waals surface area contributed by atoms with Gasteiger partial charge in [-0.15, -0.1) is 0 Å². The standard InChI is InChI=1S/C18H25N3OS/c1-12-6-8-13(9-7-12)17(22)20-14-10-15-4-3-5-16(11-14)21(15)18(23)19-2/h6-9,14-16H,3-5,10-11H2,1-2H3,(H,19,23)(H,20,22)/t15-,16-/m1/s1. The van der Waals surface area contributed by atoms with E-state index in [0.29, 0.717) is 12.1 Å². The van der Waals surface area contributed by atoms with Gasteiger partial charge in [0.15, 0.2) is 5.11 Å². The van der Waals surface area contributed by atoms with Crippen molar-refractivity contribution in [2.45, 2.75) is 57.2 Å². The maximum Gasteiger partial charge on any atom is 0.251 e. The summed E-state index contributed by atoms with van der Waals surface area (Å²) in [5, 5.41) is 7.20. The number of fused-ring (bicyclic) bond motifs is 2. The molecule has 4 nitrogen and oxygen atoms in total. The number of benzene rings is 1. The Hall–Kier alpha value is -1.62. The van der Waals surface area contributed by atoms with Gasteiger partial charge < -0.3 is 15.5 Å². The van der Waals surface area contributed by atoms with Gasteiger partial charge in [0.05, 0.1) is 0 Å². The molecule has 2 aliphatic heterocycles. The lowest BCUT2D eigenvalue weighted by Crippen LogP contribution is -2.60. The lowest BCUT2D eigenvalue weighted by atomic mass is 9.82. The summed E-state index contributed by atoms with van der Waals surface area (Å²) < 4.78 is 0. The van der Waals surface area contributed by atoms with E-state index in [1.807, 2.05) is 38.2 Å². The number of nitrogens with one attached hydrogen (secondary N) is 2. The van der Waals surface area contributed by atoms with E-state index >= 15 is 0 Å². The van der Waals surface area contributed by atoms with Gasteiger partial charge in [0, 0.05) is 30.7 Å². The average molecular weight is 331 g/mol. The first-order valence-electron chi connectivity index (χ1n) is 8.46. The van der Waals surface area contributed by atoms with Gasteiger partial charge in [0.2, 0.25) is 0 Å². The predicted molar refractivity (Wildman–Crippen MR) is 96.6 cm³/mol. The van der Waals surface area contributed by atoms with Crippen LogP contribution in [0.1, 0.15) is 48.0 Å². The summed E-state index contributed by atoms with van der Waals surface area (Å²) in [5.41, 5.74) is 1.92. The van der Waals surface area contributed by atoms with Crippen molar-refractivity contribution in [1.82, 2.24) is 15.5 Å². The molecule has 124 valence electrons. The van der Waals surface area contributed by atoms with Gasteiger partial charge in [-0.25, -0.2) is 0 Å². The van der Waals surface area contributed by atoms with E-state index in [0.717, 1.165) is 36.4 Å². The molecule has 1 amide bonds. The Balaban J connectivity index is 1.66. The molecule has 2 N–H and O–H groups in total. The number of hydrogen-bond acceptors (Lipinski definition) is 2. The number of piperidine rings is 2. The van der Waals surface area contributed by atoms with Crippen molar-refractivity contribution < 1.29 is 4.79 Å². The minimum absolute atomic E-state index is 0.0396. The number of thiocarbonyl (C=S) groups is 1. The van der Waals surface area contributed by atoms with E-state index in [1.165, 1.54) is 12.0 Å². The van der Waals surface area contributed by atoms with Crippen molar-refractivity contribution in [2.24, 2.45) is 0 Å². The summed E-state index contributed by atoms with van der Waals surface area (Å²) >= 11 is 5.47. The summed E-state index contributed by atoms with van der Waals surface area (Å²) in [6.07, 6.45) is 5.55. The van der Waals surface area contributed by atoms with Gasteiger partial charge in [-0.3, -0.25) is 4.79 Å². The topological polar surface area (TPSA) is 44.4 Å². The van der Waals surface area contributed by atoms with Crippen molar-refractivity contribution >= 4 is 23.2 Å². The molecule has 0 unspecified atom stereocenters. The van der Waals surface area contributed by atoms with Crippen LogP contribution in [0.3, 0.4) is 0 Å². The van der Waals surface area contributed by atoms with E-state index in [-0.39, 0.29) is 11.9 Å². The Morgan fingerprint density at radius 1 is 1.17 bits per heavy atom. The van der Waals surface area contributed by atoms with Crippen LogP contribution in [0, 0.1) is 6.92 Å². The summed E-state index contributed by atoms with van der Waals surface area (Å²) in [5.74, 6) is 0.0396. The number of aryl methyl sites for hydroxylation is 1. The molecule has 0 aliphatic carbocycles. The quantitative estimate of drug-likeness (QED) is 0.818. The molecule has 5 heteroatoms. The summed E-state index contributed by atoms with van der Waals surface area (Å²) in [7, 11) is 1.89. The van der Waals surface area contributed by atoms with Crippen LogP contribution in [0.25, 0.3) is 0 Å². The summed E-state index contributed by atoms with van der Waals surface area (Å²) in [6.45, 7) is 2.03. The van der Waals surface area contributed by atoms with E-state index < -0.39 is 0 Å². The third-order valence-corrected chi connectivity index (χ3v) is 5.49. The van der Waals surface area contributed by atoms with Crippen molar-refractivity contribution in [2.75, 3.05) is 7.05 Å². The molecule has 2 aliphatic rings. The second-order valence-electron chi connectivity index (χ2n) is 6.71. The molecule has 2 saturated heterocycles. The van der Waals surface area contributed by atoms with Gasteiger partial charge >= 0.3 is 0 Å². The fourth-order valence-corrected chi connectivity index (χ4v) is 4.23. The van der Waals surface area contributed by atoms with Crippen LogP contribution in [0.5, 0.6) is 0 Å². The van der Waals surface area contributed by atoms with E-state index in [4.69, 9.17) is 12.2 Å². The molecule has 3 rings (SSSR count). The highest BCUT2D eigenvalue weighted by molar-refractivity contribution is 7.80. The van der Waals surface area contributed by atoms with Crippen molar-refractivity contribution in [3.8, 4) is 0 Å². The number of rotatable bonds is 2. The molecule has 0 radical (unpaired) electrons. The fraction of sp³-hybridized carbons (Fsp3) is 0.556. The van der Waals surface area contributed by atoms with Crippen LogP contribution in [0.2, 0.25) is 0 Å². The third kappa shape index (κ3) is 3.50. The number of carbonyl (C=O) groups excluding carboxylic acids is 1. The second kappa shape index (κ2) is 6.87. The van der Waals surface area contributed by atoms with Crippen LogP contribution in [0.4, 0.5) is 0 Å². The van der Waals surface area contributed by atoms with Gasteiger partial charge in [0.1, 0.15) is 0 Å². The number of nitrogens with zero attached hydrogens (tertiary/aromatic N) is 1. The highest BCUT2D eigenvalue weighted by atomic mass is 32.1. The maximum atomic E-state index is 12.5. The van der Waals surface area contributed by atoms with Crippen LogP contribution >= 0.6 is 12.2 Å². The minimum atomic E-state index is 0.0396. The van der Waals surface area contributed by atoms with E-state index in [2.05, 4.69) is 15.5 Å². The predicted octanol–water partition coefficient (Wildman–Crippen LogP) is 2.61. The summed E-state index contributed by atoms with van der Waals surface area (Å²) in [4.78, 5) is 14.8. The lowest BCUT2D eigenvalue weighted by molar-refractivity contribution is 0.0742. The van der Waals surface area contributed by atoms with Gasteiger partial charge in [-0.05, 0) is 63.4 Å². The Labute approximate surface area is 143 Å². The molecule has 0 spiro atoms. The van der Waals surface area contributed by atoms with Crippen LogP contribution in [-0.4, -0.2) is 41.1 Å². The average Bonchev–Trinajstić information content (AvgIpc) is 2.54. The highest BCUT2D eigenvalue weighted by Crippen LogP contribution is 2.34. The second-order valence-corrected chi connectivity index (χ2v) is 7.10. The van der Waals surface area contributed by atoms with Crippen LogP contribution < -0.4 is 10.6 Å². The highest BCUT2D eigenvalue weighted by Gasteiger charge is 2.39. The zero-order chi connectivity index (χ0) is 16.4. The first-order chi connectivity index (χ1) is 11.1. The van der Waals surface area contributed by atoms with Gasteiger partial charge in [0.25, 0.3) is 5.91 Å². The molecule has 0 aromatic heterocycles. The van der Waals surface area contributed by atoms with Gasteiger partial charge in [-0.2, -0.15) is 0 Å². The number of hydrogen-bond donors (Lipinski definition) is 2. The van der Waals surface area contributed by atoms with Crippen molar-refractivity contribution in [3.05, 3.63) is 35.4 Å². The third-order valence-electron chi connectivity index (χ3n) is 5.07. The van der Waals surface area contributed by atoms with Crippen molar-refractivity contribution in [1.29, 1.82) is 0 Å². The normalized spacial score (nSPS) is 26.5. The Morgan fingerprint density at radius 3 is 2.35 bits per heavy atom. The zero-order valence-electron chi connectivity index (χ0n) is 13.8. The summed E-state index contributed by atoms with van der Waals surface area (Å²) in [6, 6.07) is 8.91. The monoisotopic (exact) mass is 331 g/mol. The van der Waals surface area contributed by atoms with Gasteiger partial charge in [-0.1, -0.05) is 17.7 Å². The molecular weight excluding hydrogens is 306 g/mol. The number of carbonyl (C=O) groups is 1. The molecule has 2 fully saturated rings. The van der Waals surface area contributed by atoms with Crippen LogP contribution in [0.15, 0.2) is 24.3 Å². The first-order valence-corrected chi connectivity index (χ1v) is 8.87. The molecule has 2 heterocycles. The largest absolute Gasteiger partial charge is 0.366 e. The molecule has 0 saturated carbocycles. The molecular formula is C18H25N3OS. The first kappa shape index (κ1) is 16.2. The fourth-order valence-electron chi connectivity index (χ4n) is 3.93. The molecule has 1 aromatic carbocycles. The SMILES string of the molecule is CNC(=S)N1[C@@H]2CCC[C@@H]1CC(NC(=O)c1ccc(C)cc1)C2. The molecule has 2 bridgehead atoms. The van der Waals surface area contributed by atoms with Crippen molar-refractivity contribution in [3.63, 3.8) is 0 Å². The smallest absolute Gasteiger partial charge is 0.251 e. The Morgan fingerprint density at radius 2 is 1.78 bits per heavy atom. The van der Waals surface area contributed by atoms with E-state index in [1.54, 1.807) is 0 Å². The minimum Gasteiger partial charge on any atom is -0.366 e.